The number of aliphatic hydroxyl groups is 1. The molecule has 3 heteroatoms. The first-order valence-electron chi connectivity index (χ1n) is 6.84. The predicted molar refractivity (Wildman–Crippen MR) is 66.6 cm³/mol. The van der Waals surface area contributed by atoms with Gasteiger partial charge in [0.25, 0.3) is 0 Å². The smallest absolute Gasteiger partial charge is 0.0795 e. The number of piperidine rings is 1. The van der Waals surface area contributed by atoms with Crippen LogP contribution < -0.4 is 5.32 Å². The molecule has 2 rings (SSSR count). The van der Waals surface area contributed by atoms with Crippen LogP contribution in [-0.2, 0) is 0 Å². The van der Waals surface area contributed by atoms with Gasteiger partial charge in [0.2, 0.25) is 0 Å². The Labute approximate surface area is 99.2 Å². The lowest BCUT2D eigenvalue weighted by atomic mass is 9.87. The van der Waals surface area contributed by atoms with Crippen LogP contribution in [0.4, 0.5) is 0 Å². The van der Waals surface area contributed by atoms with Crippen LogP contribution in [0.3, 0.4) is 0 Å². The van der Waals surface area contributed by atoms with Crippen molar-refractivity contribution in [2.75, 3.05) is 26.7 Å². The molecule has 94 valence electrons. The molecule has 1 heterocycles. The van der Waals surface area contributed by atoms with E-state index in [2.05, 4.69) is 10.2 Å². The van der Waals surface area contributed by atoms with Gasteiger partial charge in [0.1, 0.15) is 0 Å². The summed E-state index contributed by atoms with van der Waals surface area (Å²) in [6, 6.07) is 0.813. The molecule has 0 aromatic carbocycles. The highest BCUT2D eigenvalue weighted by Crippen LogP contribution is 2.28. The van der Waals surface area contributed by atoms with E-state index in [1.807, 2.05) is 7.05 Å². The van der Waals surface area contributed by atoms with E-state index in [1.165, 1.54) is 32.1 Å². The molecule has 0 bridgehead atoms. The Hall–Kier alpha value is -0.120. The van der Waals surface area contributed by atoms with Crippen molar-refractivity contribution in [3.05, 3.63) is 0 Å². The molecule has 3 nitrogen and oxygen atoms in total. The van der Waals surface area contributed by atoms with Gasteiger partial charge in [0.15, 0.2) is 0 Å². The minimum absolute atomic E-state index is 0.445. The molecule has 1 aliphatic heterocycles. The van der Waals surface area contributed by atoms with Crippen molar-refractivity contribution in [2.45, 2.75) is 56.6 Å². The number of likely N-dealkylation sites (N-methyl/N-ethyl adjacent to an activating group) is 1. The first kappa shape index (κ1) is 12.3. The van der Waals surface area contributed by atoms with E-state index in [9.17, 15) is 5.11 Å². The Morgan fingerprint density at radius 2 is 1.81 bits per heavy atom. The quantitative estimate of drug-likeness (QED) is 0.763. The Bertz CT molecular complexity index is 206. The van der Waals surface area contributed by atoms with E-state index in [4.69, 9.17) is 0 Å². The molecule has 0 amide bonds. The predicted octanol–water partition coefficient (Wildman–Crippen LogP) is 1.37. The molecule has 2 fully saturated rings. The second-order valence-corrected chi connectivity index (χ2v) is 5.58. The van der Waals surface area contributed by atoms with Crippen LogP contribution in [-0.4, -0.2) is 48.3 Å². The van der Waals surface area contributed by atoms with Crippen molar-refractivity contribution in [3.8, 4) is 0 Å². The summed E-state index contributed by atoms with van der Waals surface area (Å²) in [5.41, 5.74) is -0.445. The van der Waals surface area contributed by atoms with E-state index >= 15 is 0 Å². The summed E-state index contributed by atoms with van der Waals surface area (Å²) in [6.45, 7) is 2.91. The van der Waals surface area contributed by atoms with Gasteiger partial charge in [-0.2, -0.15) is 0 Å². The summed E-state index contributed by atoms with van der Waals surface area (Å²) >= 11 is 0. The number of hydrogen-bond acceptors (Lipinski definition) is 3. The SMILES string of the molecule is CNCC1(O)CCN(C2CCCCC2)CC1. The molecule has 0 atom stereocenters. The Morgan fingerprint density at radius 3 is 2.38 bits per heavy atom. The fourth-order valence-corrected chi connectivity index (χ4v) is 3.26. The van der Waals surface area contributed by atoms with Crippen molar-refractivity contribution in [1.29, 1.82) is 0 Å². The van der Waals surface area contributed by atoms with Gasteiger partial charge in [-0.15, -0.1) is 0 Å². The van der Waals surface area contributed by atoms with E-state index in [1.54, 1.807) is 0 Å². The van der Waals surface area contributed by atoms with Gasteiger partial charge < -0.3 is 15.3 Å². The Balaban J connectivity index is 1.79. The zero-order chi connectivity index (χ0) is 11.4. The highest BCUT2D eigenvalue weighted by Gasteiger charge is 2.34. The molecule has 1 aliphatic carbocycles. The third kappa shape index (κ3) is 2.96. The van der Waals surface area contributed by atoms with E-state index < -0.39 is 5.60 Å². The van der Waals surface area contributed by atoms with Crippen molar-refractivity contribution in [2.24, 2.45) is 0 Å². The van der Waals surface area contributed by atoms with Crippen LogP contribution >= 0.6 is 0 Å². The molecular formula is C13H26N2O. The summed E-state index contributed by atoms with van der Waals surface area (Å²) in [4.78, 5) is 2.61. The largest absolute Gasteiger partial charge is 0.388 e. The second kappa shape index (κ2) is 5.48. The lowest BCUT2D eigenvalue weighted by Crippen LogP contribution is -2.52. The molecule has 2 aliphatic rings. The Morgan fingerprint density at radius 1 is 1.19 bits per heavy atom. The third-order valence-electron chi connectivity index (χ3n) is 4.33. The van der Waals surface area contributed by atoms with E-state index in [0.717, 1.165) is 38.5 Å². The van der Waals surface area contributed by atoms with Gasteiger partial charge in [-0.25, -0.2) is 0 Å². The van der Waals surface area contributed by atoms with Crippen LogP contribution in [0.2, 0.25) is 0 Å². The standard InChI is InChI=1S/C13H26N2O/c1-14-11-13(16)7-9-15(10-8-13)12-5-3-2-4-6-12/h12,14,16H,2-11H2,1H3. The maximum atomic E-state index is 10.3. The molecule has 0 aromatic heterocycles. The molecule has 0 unspecified atom stereocenters. The number of nitrogens with zero attached hydrogens (tertiary/aromatic N) is 1. The van der Waals surface area contributed by atoms with Gasteiger partial charge in [0, 0.05) is 25.7 Å². The zero-order valence-corrected chi connectivity index (χ0v) is 10.5. The monoisotopic (exact) mass is 226 g/mol. The number of hydrogen-bond donors (Lipinski definition) is 2. The molecule has 1 saturated carbocycles. The van der Waals surface area contributed by atoms with Crippen LogP contribution in [0.25, 0.3) is 0 Å². The van der Waals surface area contributed by atoms with Crippen molar-refractivity contribution in [1.82, 2.24) is 10.2 Å². The summed E-state index contributed by atoms with van der Waals surface area (Å²) in [7, 11) is 1.92. The van der Waals surface area contributed by atoms with E-state index in [-0.39, 0.29) is 0 Å². The molecule has 1 saturated heterocycles. The van der Waals surface area contributed by atoms with Gasteiger partial charge in [-0.1, -0.05) is 19.3 Å². The first-order chi connectivity index (χ1) is 7.73. The van der Waals surface area contributed by atoms with Gasteiger partial charge >= 0.3 is 0 Å². The topological polar surface area (TPSA) is 35.5 Å². The summed E-state index contributed by atoms with van der Waals surface area (Å²) < 4.78 is 0. The molecule has 0 radical (unpaired) electrons. The second-order valence-electron chi connectivity index (χ2n) is 5.58. The van der Waals surface area contributed by atoms with Crippen LogP contribution in [0, 0.1) is 0 Å². The third-order valence-corrected chi connectivity index (χ3v) is 4.33. The summed E-state index contributed by atoms with van der Waals surface area (Å²) in [5, 5.41) is 13.4. The van der Waals surface area contributed by atoms with Crippen LogP contribution in [0.15, 0.2) is 0 Å². The normalized spacial score (nSPS) is 28.1. The van der Waals surface area contributed by atoms with Crippen molar-refractivity contribution < 1.29 is 5.11 Å². The maximum absolute atomic E-state index is 10.3. The summed E-state index contributed by atoms with van der Waals surface area (Å²) in [6.07, 6.45) is 8.86. The van der Waals surface area contributed by atoms with Crippen molar-refractivity contribution >= 4 is 0 Å². The average Bonchev–Trinajstić information content (AvgIpc) is 2.31. The fraction of sp³-hybridized carbons (Fsp3) is 1.00. The first-order valence-corrected chi connectivity index (χ1v) is 6.84. The van der Waals surface area contributed by atoms with Crippen LogP contribution in [0.1, 0.15) is 44.9 Å². The molecule has 2 N–H and O–H groups in total. The number of rotatable bonds is 3. The van der Waals surface area contributed by atoms with Gasteiger partial charge in [-0.3, -0.25) is 0 Å². The average molecular weight is 226 g/mol. The van der Waals surface area contributed by atoms with Gasteiger partial charge in [0.05, 0.1) is 5.60 Å². The Kier molecular flexibility index (Phi) is 4.22. The van der Waals surface area contributed by atoms with E-state index in [0.29, 0.717) is 0 Å². The highest BCUT2D eigenvalue weighted by molar-refractivity contribution is 4.90. The minimum atomic E-state index is -0.445. The molecule has 0 spiro atoms. The van der Waals surface area contributed by atoms with Crippen LogP contribution in [0.5, 0.6) is 0 Å². The molecule has 0 aromatic rings. The zero-order valence-electron chi connectivity index (χ0n) is 10.5. The minimum Gasteiger partial charge on any atom is -0.388 e. The maximum Gasteiger partial charge on any atom is 0.0795 e. The van der Waals surface area contributed by atoms with Gasteiger partial charge in [-0.05, 0) is 32.7 Å². The highest BCUT2D eigenvalue weighted by atomic mass is 16.3. The molecular weight excluding hydrogens is 200 g/mol. The fourth-order valence-electron chi connectivity index (χ4n) is 3.26. The van der Waals surface area contributed by atoms with Crippen molar-refractivity contribution in [3.63, 3.8) is 0 Å². The number of likely N-dealkylation sites (tertiary alicyclic amines) is 1. The number of nitrogens with one attached hydrogen (secondary N) is 1. The molecule has 16 heavy (non-hydrogen) atoms. The lowest BCUT2D eigenvalue weighted by molar-refractivity contribution is -0.0321. The lowest BCUT2D eigenvalue weighted by Gasteiger charge is -2.42. The summed E-state index contributed by atoms with van der Waals surface area (Å²) in [5.74, 6) is 0.